The van der Waals surface area contributed by atoms with Gasteiger partial charge < -0.3 is 25.2 Å². The molecule has 38 heavy (non-hydrogen) atoms. The van der Waals surface area contributed by atoms with Gasteiger partial charge in [-0.1, -0.05) is 13.0 Å². The summed E-state index contributed by atoms with van der Waals surface area (Å²) in [5, 5.41) is 9.64. The Morgan fingerprint density at radius 3 is 2.53 bits per heavy atom. The Morgan fingerprint density at radius 2 is 1.87 bits per heavy atom. The molecular formula is C23H29N6O8P. The predicted molar refractivity (Wildman–Crippen MR) is 136 cm³/mol. The van der Waals surface area contributed by atoms with Gasteiger partial charge in [-0.2, -0.15) is 5.10 Å². The maximum absolute atomic E-state index is 13.3. The van der Waals surface area contributed by atoms with E-state index >= 15 is 0 Å². The lowest BCUT2D eigenvalue weighted by atomic mass is 10.1. The van der Waals surface area contributed by atoms with Gasteiger partial charge in [0, 0.05) is 24.8 Å². The van der Waals surface area contributed by atoms with Crippen LogP contribution in [0, 0.1) is 13.8 Å². The fraction of sp³-hybridized carbons (Fsp3) is 0.348. The molecule has 0 aliphatic rings. The number of rotatable bonds is 10. The van der Waals surface area contributed by atoms with Crippen LogP contribution in [0.4, 0.5) is 16.3 Å². The van der Waals surface area contributed by atoms with Crippen LogP contribution < -0.4 is 15.5 Å². The first-order chi connectivity index (χ1) is 18.0. The van der Waals surface area contributed by atoms with Crippen molar-refractivity contribution in [3.05, 3.63) is 53.0 Å². The summed E-state index contributed by atoms with van der Waals surface area (Å²) in [5.74, 6) is -0.711. The molecule has 3 amide bonds. The number of anilines is 2. The molecule has 0 atom stereocenters. The molecule has 204 valence electrons. The smallest absolute Gasteiger partial charge is 0.421 e. The summed E-state index contributed by atoms with van der Waals surface area (Å²) in [6.07, 6.45) is 2.30. The Bertz CT molecular complexity index is 1400. The molecule has 15 heteroatoms. The van der Waals surface area contributed by atoms with Crippen molar-refractivity contribution < 1.29 is 38.0 Å². The fourth-order valence-corrected chi connectivity index (χ4v) is 3.82. The van der Waals surface area contributed by atoms with Crippen LogP contribution in [0.3, 0.4) is 0 Å². The number of nitrogens with one attached hydrogen (secondary N) is 2. The molecule has 0 unspecified atom stereocenters. The van der Waals surface area contributed by atoms with Gasteiger partial charge in [-0.15, -0.1) is 0 Å². The Hall–Kier alpha value is -3.84. The molecule has 0 spiro atoms. The number of carbonyl (C=O) groups excluding carboxylic acids is 3. The summed E-state index contributed by atoms with van der Waals surface area (Å²) in [4.78, 5) is 61.8. The zero-order valence-electron chi connectivity index (χ0n) is 21.3. The van der Waals surface area contributed by atoms with Crippen molar-refractivity contribution in [2.75, 3.05) is 24.8 Å². The van der Waals surface area contributed by atoms with Crippen molar-refractivity contribution in [3.63, 3.8) is 0 Å². The van der Waals surface area contributed by atoms with Gasteiger partial charge in [-0.3, -0.25) is 9.59 Å². The quantitative estimate of drug-likeness (QED) is 0.217. The van der Waals surface area contributed by atoms with Gasteiger partial charge in [0.25, 0.3) is 11.8 Å². The molecule has 2 aromatic heterocycles. The molecule has 3 aromatic rings. The lowest BCUT2D eigenvalue weighted by molar-refractivity contribution is 0.0445. The van der Waals surface area contributed by atoms with Crippen LogP contribution in [0.15, 0.2) is 30.7 Å². The van der Waals surface area contributed by atoms with Crippen LogP contribution in [-0.2, 0) is 13.8 Å². The van der Waals surface area contributed by atoms with Gasteiger partial charge in [-0.05, 0) is 50.5 Å². The number of nitrogens with zero attached hydrogens (tertiary/aromatic N) is 4. The van der Waals surface area contributed by atoms with E-state index < -0.39 is 20.7 Å². The zero-order valence-corrected chi connectivity index (χ0v) is 22.2. The van der Waals surface area contributed by atoms with Crippen molar-refractivity contribution in [2.24, 2.45) is 0 Å². The lowest BCUT2D eigenvalue weighted by Gasteiger charge is -2.24. The van der Waals surface area contributed by atoms with Crippen LogP contribution in [0.2, 0.25) is 0 Å². The first kappa shape index (κ1) is 28.7. The van der Waals surface area contributed by atoms with Crippen molar-refractivity contribution in [2.45, 2.75) is 34.1 Å². The highest BCUT2D eigenvalue weighted by Crippen LogP contribution is 2.37. The summed E-state index contributed by atoms with van der Waals surface area (Å²) in [6, 6.07) is 4.66. The molecule has 0 radical (unpaired) electrons. The zero-order chi connectivity index (χ0) is 28.0. The van der Waals surface area contributed by atoms with Gasteiger partial charge >= 0.3 is 13.9 Å². The van der Waals surface area contributed by atoms with Crippen LogP contribution >= 0.6 is 7.82 Å². The van der Waals surface area contributed by atoms with Gasteiger partial charge in [-0.25, -0.2) is 28.3 Å². The highest BCUT2D eigenvalue weighted by Gasteiger charge is 2.29. The van der Waals surface area contributed by atoms with Crippen molar-refractivity contribution in [1.29, 1.82) is 0 Å². The highest BCUT2D eigenvalue weighted by molar-refractivity contribution is 7.46. The standard InChI is InChI=1S/C23H29N6O8P/c1-5-9-25-22(31)17-11-28-19(15(17)4)20(26-12-27-28)29(23(32)36-13-37-38(33,34)35)18-10-16(8-7-14(18)3)21(30)24-6-2/h7-8,10-12H,5-6,9,13H2,1-4H3,(H,24,30)(H,25,31)(H2,33,34,35). The number of phosphoric ester groups is 1. The van der Waals surface area contributed by atoms with E-state index in [1.807, 2.05) is 6.92 Å². The van der Waals surface area contributed by atoms with Crippen molar-refractivity contribution in [1.82, 2.24) is 25.2 Å². The van der Waals surface area contributed by atoms with Crippen LogP contribution in [0.25, 0.3) is 5.52 Å². The maximum atomic E-state index is 13.3. The second kappa shape index (κ2) is 12.1. The number of ether oxygens (including phenoxy) is 1. The average molecular weight is 548 g/mol. The van der Waals surface area contributed by atoms with Gasteiger partial charge in [0.2, 0.25) is 6.79 Å². The molecule has 0 fully saturated rings. The second-order valence-corrected chi connectivity index (χ2v) is 9.38. The summed E-state index contributed by atoms with van der Waals surface area (Å²) in [7, 11) is -4.92. The summed E-state index contributed by atoms with van der Waals surface area (Å²) >= 11 is 0. The Balaban J connectivity index is 2.18. The second-order valence-electron chi connectivity index (χ2n) is 8.14. The molecule has 4 N–H and O–H groups in total. The largest absolute Gasteiger partial charge is 0.472 e. The maximum Gasteiger partial charge on any atom is 0.472 e. The third-order valence-corrected chi connectivity index (χ3v) is 5.88. The minimum Gasteiger partial charge on any atom is -0.421 e. The van der Waals surface area contributed by atoms with Crippen molar-refractivity contribution >= 4 is 42.8 Å². The van der Waals surface area contributed by atoms with Crippen molar-refractivity contribution in [3.8, 4) is 0 Å². The number of aromatic nitrogens is 3. The number of fused-ring (bicyclic) bond motifs is 1. The normalized spacial score (nSPS) is 11.3. The van der Waals surface area contributed by atoms with Gasteiger partial charge in [0.05, 0.1) is 11.3 Å². The molecule has 3 rings (SSSR count). The van der Waals surface area contributed by atoms with Gasteiger partial charge in [0.15, 0.2) is 5.82 Å². The Labute approximate surface area is 218 Å². The Kier molecular flexibility index (Phi) is 9.17. The van der Waals surface area contributed by atoms with Gasteiger partial charge in [0.1, 0.15) is 11.8 Å². The molecule has 0 saturated heterocycles. The van der Waals surface area contributed by atoms with E-state index in [2.05, 4.69) is 25.2 Å². The molecule has 0 bridgehead atoms. The number of hydrogen-bond donors (Lipinski definition) is 4. The fourth-order valence-electron chi connectivity index (χ4n) is 3.63. The molecule has 0 aliphatic heterocycles. The lowest BCUT2D eigenvalue weighted by Crippen LogP contribution is -2.30. The van der Waals surface area contributed by atoms with E-state index in [9.17, 15) is 18.9 Å². The molecule has 14 nitrogen and oxygen atoms in total. The van der Waals surface area contributed by atoms with E-state index in [0.29, 0.717) is 35.3 Å². The number of amides is 3. The molecule has 0 aliphatic carbocycles. The molecule has 2 heterocycles. The summed E-state index contributed by atoms with van der Waals surface area (Å²) in [5.41, 5.74) is 2.07. The van der Waals surface area contributed by atoms with Crippen LogP contribution in [-0.4, -0.2) is 62.2 Å². The molecule has 1 aromatic carbocycles. The van der Waals surface area contributed by atoms with E-state index in [-0.39, 0.29) is 28.9 Å². The average Bonchev–Trinajstić information content (AvgIpc) is 3.20. The monoisotopic (exact) mass is 548 g/mol. The number of benzene rings is 1. The minimum atomic E-state index is -4.92. The first-order valence-corrected chi connectivity index (χ1v) is 13.2. The SMILES string of the molecule is CCCNC(=O)c1cn2ncnc(N(C(=O)OCOP(=O)(O)O)c3cc(C(=O)NCC)ccc3C)c2c1C. The summed E-state index contributed by atoms with van der Waals surface area (Å²) < 4.78 is 21.7. The highest BCUT2D eigenvalue weighted by atomic mass is 31.2. The molecular weight excluding hydrogens is 519 g/mol. The topological polar surface area (TPSA) is 185 Å². The van der Waals surface area contributed by atoms with E-state index in [1.54, 1.807) is 32.9 Å². The van der Waals surface area contributed by atoms with E-state index in [1.165, 1.54) is 23.1 Å². The third-order valence-electron chi connectivity index (χ3n) is 5.43. The van der Waals surface area contributed by atoms with E-state index in [4.69, 9.17) is 14.5 Å². The number of phosphoric acid groups is 1. The number of carbonyl (C=O) groups is 3. The predicted octanol–water partition coefficient (Wildman–Crippen LogP) is 2.58. The van der Waals surface area contributed by atoms with E-state index in [0.717, 1.165) is 11.3 Å². The number of hydrogen-bond acceptors (Lipinski definition) is 8. The molecule has 0 saturated carbocycles. The third kappa shape index (κ3) is 6.53. The minimum absolute atomic E-state index is 0.00405. The van der Waals surface area contributed by atoms with Crippen LogP contribution in [0.5, 0.6) is 0 Å². The number of aryl methyl sites for hydroxylation is 2. The summed E-state index contributed by atoms with van der Waals surface area (Å²) in [6.45, 7) is 6.83. The first-order valence-electron chi connectivity index (χ1n) is 11.6. The Morgan fingerprint density at radius 1 is 1.13 bits per heavy atom. The van der Waals surface area contributed by atoms with Crippen LogP contribution in [0.1, 0.15) is 52.1 Å².